The van der Waals surface area contributed by atoms with Gasteiger partial charge in [-0.15, -0.1) is 0 Å². The van der Waals surface area contributed by atoms with E-state index in [-0.39, 0.29) is 11.5 Å². The molecule has 2 saturated carbocycles. The number of aliphatic hydroxyl groups excluding tert-OH is 2. The van der Waals surface area contributed by atoms with Gasteiger partial charge in [-0.05, 0) is 67.2 Å². The van der Waals surface area contributed by atoms with Gasteiger partial charge in [0.15, 0.2) is 0 Å². The average molecular weight is 464 g/mol. The normalized spacial score (nSPS) is 29.5. The molecule has 0 bridgehead atoms. The minimum Gasteiger partial charge on any atom is -0.390 e. The van der Waals surface area contributed by atoms with Crippen LogP contribution in [-0.2, 0) is 6.42 Å². The summed E-state index contributed by atoms with van der Waals surface area (Å²) >= 11 is 6.04. The van der Waals surface area contributed by atoms with Crippen LogP contribution in [0.4, 0.5) is 5.82 Å². The fraction of sp³-hybridized carbons (Fsp3) is 0.400. The van der Waals surface area contributed by atoms with Crippen molar-refractivity contribution in [1.29, 1.82) is 0 Å². The lowest BCUT2D eigenvalue weighted by atomic mass is 9.52. The molecule has 2 fully saturated rings. The van der Waals surface area contributed by atoms with Gasteiger partial charge in [-0.25, -0.2) is 9.97 Å². The molecule has 8 heteroatoms. The van der Waals surface area contributed by atoms with Crippen LogP contribution in [0, 0.1) is 11.3 Å². The van der Waals surface area contributed by atoms with Crippen LogP contribution >= 0.6 is 11.6 Å². The molecule has 0 radical (unpaired) electrons. The molecular formula is C25H26ClN5O2. The van der Waals surface area contributed by atoms with Gasteiger partial charge >= 0.3 is 0 Å². The largest absolute Gasteiger partial charge is 0.390 e. The van der Waals surface area contributed by atoms with Crippen LogP contribution in [0.1, 0.15) is 37.3 Å². The number of benzene rings is 1. The van der Waals surface area contributed by atoms with Gasteiger partial charge in [0.2, 0.25) is 0 Å². The monoisotopic (exact) mass is 463 g/mol. The van der Waals surface area contributed by atoms with Gasteiger partial charge in [0.05, 0.1) is 28.1 Å². The molecule has 170 valence electrons. The molecule has 0 saturated heterocycles. The summed E-state index contributed by atoms with van der Waals surface area (Å²) in [4.78, 5) is 12.8. The molecule has 7 nitrogen and oxygen atoms in total. The Morgan fingerprint density at radius 1 is 1.12 bits per heavy atom. The summed E-state index contributed by atoms with van der Waals surface area (Å²) in [5.74, 6) is 0.919. The molecule has 1 spiro atoms. The lowest BCUT2D eigenvalue weighted by Gasteiger charge is -2.56. The Kier molecular flexibility index (Phi) is 4.83. The number of halogens is 1. The second-order valence-corrected chi connectivity index (χ2v) is 10.2. The van der Waals surface area contributed by atoms with Crippen LogP contribution < -0.4 is 5.73 Å². The second-order valence-electron chi connectivity index (χ2n) is 9.78. The van der Waals surface area contributed by atoms with Crippen LogP contribution in [0.25, 0.3) is 21.9 Å². The zero-order chi connectivity index (χ0) is 22.7. The Morgan fingerprint density at radius 2 is 1.97 bits per heavy atom. The SMILES string of the molecule is Nc1ncnc2c1ccn2[C@@H]1CC[C@]2(C[C@@H](Cc3ccc4cc(Cl)cnc4c3)C2)[C@@H](O)[C@H]1O. The van der Waals surface area contributed by atoms with Crippen molar-refractivity contribution in [3.8, 4) is 0 Å². The minimum atomic E-state index is -0.846. The maximum absolute atomic E-state index is 11.2. The Bertz CT molecular complexity index is 1350. The van der Waals surface area contributed by atoms with Gasteiger partial charge in [-0.3, -0.25) is 4.98 Å². The number of hydrogen-bond donors (Lipinski definition) is 3. The lowest BCUT2D eigenvalue weighted by molar-refractivity contribution is -0.165. The fourth-order valence-corrected chi connectivity index (χ4v) is 6.34. The predicted molar refractivity (Wildman–Crippen MR) is 128 cm³/mol. The van der Waals surface area contributed by atoms with E-state index < -0.39 is 12.2 Å². The van der Waals surface area contributed by atoms with Crippen molar-refractivity contribution in [3.05, 3.63) is 59.6 Å². The predicted octanol–water partition coefficient (Wildman–Crippen LogP) is 3.91. The summed E-state index contributed by atoms with van der Waals surface area (Å²) in [5, 5.41) is 24.7. The number of aliphatic hydroxyl groups is 2. The molecule has 0 amide bonds. The smallest absolute Gasteiger partial charge is 0.145 e. The first-order chi connectivity index (χ1) is 15.9. The third-order valence-electron chi connectivity index (χ3n) is 7.81. The van der Waals surface area contributed by atoms with E-state index in [0.29, 0.717) is 22.4 Å². The fourth-order valence-electron chi connectivity index (χ4n) is 6.17. The van der Waals surface area contributed by atoms with Crippen LogP contribution in [0.5, 0.6) is 0 Å². The molecule has 4 aromatic rings. The highest BCUT2D eigenvalue weighted by atomic mass is 35.5. The zero-order valence-corrected chi connectivity index (χ0v) is 18.9. The molecular weight excluding hydrogens is 438 g/mol. The molecule has 2 aliphatic carbocycles. The summed E-state index contributed by atoms with van der Waals surface area (Å²) in [6, 6.07) is 9.91. The first-order valence-electron chi connectivity index (χ1n) is 11.4. The Balaban J connectivity index is 1.15. The van der Waals surface area contributed by atoms with Gasteiger partial charge in [-0.2, -0.15) is 0 Å². The summed E-state index contributed by atoms with van der Waals surface area (Å²) < 4.78 is 1.94. The second kappa shape index (κ2) is 7.65. The summed E-state index contributed by atoms with van der Waals surface area (Å²) in [6.07, 6.45) is 7.86. The van der Waals surface area contributed by atoms with Crippen molar-refractivity contribution >= 4 is 39.4 Å². The lowest BCUT2D eigenvalue weighted by Crippen LogP contribution is -2.57. The molecule has 1 aromatic carbocycles. The zero-order valence-electron chi connectivity index (χ0n) is 18.1. The topological polar surface area (TPSA) is 110 Å². The van der Waals surface area contributed by atoms with Crippen molar-refractivity contribution < 1.29 is 10.2 Å². The third-order valence-corrected chi connectivity index (χ3v) is 8.02. The van der Waals surface area contributed by atoms with Crippen molar-refractivity contribution in [2.45, 2.75) is 50.4 Å². The Labute approximate surface area is 196 Å². The van der Waals surface area contributed by atoms with Gasteiger partial charge in [0, 0.05) is 17.8 Å². The standard InChI is InChI=1S/C25H26ClN5O2/c26-17-9-16-2-1-14(8-19(16)28-12-17)7-15-10-25(11-15)5-3-20(21(32)22(25)33)31-6-4-18-23(27)29-13-30-24(18)31/h1-2,4,6,8-9,12-13,15,20-22,32-33H,3,5,7,10-11H2,(H2,27,29,30)/t15-,20-,21+,22+,25-/m1/s1. The number of anilines is 1. The molecule has 0 aliphatic heterocycles. The highest BCUT2D eigenvalue weighted by Crippen LogP contribution is 2.57. The quantitative estimate of drug-likeness (QED) is 0.425. The van der Waals surface area contributed by atoms with E-state index in [0.717, 1.165) is 48.4 Å². The Hall–Kier alpha value is -2.74. The number of fused-ring (bicyclic) bond motifs is 2. The number of hydrogen-bond acceptors (Lipinski definition) is 6. The highest BCUT2D eigenvalue weighted by Gasteiger charge is 2.55. The first kappa shape index (κ1) is 20.8. The highest BCUT2D eigenvalue weighted by molar-refractivity contribution is 6.31. The van der Waals surface area contributed by atoms with E-state index in [1.807, 2.05) is 22.9 Å². The molecule has 3 atom stereocenters. The van der Waals surface area contributed by atoms with E-state index in [1.54, 1.807) is 6.20 Å². The maximum Gasteiger partial charge on any atom is 0.145 e. The van der Waals surface area contributed by atoms with Crippen molar-refractivity contribution in [3.63, 3.8) is 0 Å². The van der Waals surface area contributed by atoms with Gasteiger partial charge in [-0.1, -0.05) is 23.7 Å². The van der Waals surface area contributed by atoms with Crippen LogP contribution in [0.15, 0.2) is 49.1 Å². The van der Waals surface area contributed by atoms with Crippen molar-refractivity contribution in [2.24, 2.45) is 11.3 Å². The van der Waals surface area contributed by atoms with Crippen molar-refractivity contribution in [1.82, 2.24) is 19.5 Å². The first-order valence-corrected chi connectivity index (χ1v) is 11.8. The van der Waals surface area contributed by atoms with E-state index >= 15 is 0 Å². The molecule has 4 N–H and O–H groups in total. The molecule has 0 unspecified atom stereocenters. The molecule has 6 rings (SSSR count). The summed E-state index contributed by atoms with van der Waals surface area (Å²) in [6.45, 7) is 0. The van der Waals surface area contributed by atoms with Crippen molar-refractivity contribution in [2.75, 3.05) is 5.73 Å². The van der Waals surface area contributed by atoms with Crippen LogP contribution in [0.2, 0.25) is 5.02 Å². The van der Waals surface area contributed by atoms with Gasteiger partial charge < -0.3 is 20.5 Å². The Morgan fingerprint density at radius 3 is 2.82 bits per heavy atom. The van der Waals surface area contributed by atoms with Gasteiger partial charge in [0.1, 0.15) is 23.9 Å². The maximum atomic E-state index is 11.2. The third kappa shape index (κ3) is 3.38. The van der Waals surface area contributed by atoms with Crippen LogP contribution in [0.3, 0.4) is 0 Å². The number of aromatic nitrogens is 4. The molecule has 3 aromatic heterocycles. The number of nitrogens with two attached hydrogens (primary N) is 1. The van der Waals surface area contributed by atoms with E-state index in [9.17, 15) is 10.2 Å². The van der Waals surface area contributed by atoms with Crippen LogP contribution in [-0.4, -0.2) is 41.9 Å². The minimum absolute atomic E-state index is 0.208. The average Bonchev–Trinajstić information content (AvgIpc) is 3.21. The van der Waals surface area contributed by atoms with Gasteiger partial charge in [0.25, 0.3) is 0 Å². The number of pyridine rings is 1. The number of nitrogen functional groups attached to an aromatic ring is 1. The van der Waals surface area contributed by atoms with E-state index in [4.69, 9.17) is 17.3 Å². The summed E-state index contributed by atoms with van der Waals surface area (Å²) in [5.41, 5.74) is 8.65. The van der Waals surface area contributed by atoms with E-state index in [1.165, 1.54) is 11.9 Å². The number of nitrogens with zero attached hydrogens (tertiary/aromatic N) is 4. The number of rotatable bonds is 3. The molecule has 3 heterocycles. The van der Waals surface area contributed by atoms with E-state index in [2.05, 4.69) is 33.2 Å². The summed E-state index contributed by atoms with van der Waals surface area (Å²) in [7, 11) is 0. The molecule has 33 heavy (non-hydrogen) atoms. The molecule has 2 aliphatic rings.